The van der Waals surface area contributed by atoms with E-state index in [4.69, 9.17) is 0 Å². The second-order valence-electron chi connectivity index (χ2n) is 2.37. The summed E-state index contributed by atoms with van der Waals surface area (Å²) in [6, 6.07) is 1.37. The van der Waals surface area contributed by atoms with Crippen LogP contribution in [0.25, 0.3) is 0 Å². The number of rotatable bonds is 2. The van der Waals surface area contributed by atoms with Crippen LogP contribution in [0.2, 0.25) is 0 Å². The van der Waals surface area contributed by atoms with Gasteiger partial charge in [-0.1, -0.05) is 0 Å². The fourth-order valence-electron chi connectivity index (χ4n) is 0.888. The zero-order valence-electron chi connectivity index (χ0n) is 7.08. The molecule has 0 aliphatic heterocycles. The number of methoxy groups -OCH3 is 1. The van der Waals surface area contributed by atoms with Gasteiger partial charge in [0.15, 0.2) is 17.3 Å². The topological polar surface area (TPSA) is 55.7 Å². The van der Waals surface area contributed by atoms with Crippen molar-refractivity contribution in [1.82, 2.24) is 0 Å². The molecule has 0 aromatic heterocycles. The van der Waals surface area contributed by atoms with Gasteiger partial charge in [0, 0.05) is 0 Å². The molecule has 0 radical (unpaired) electrons. The standard InChI is InChI=1S/C8H5F2NO3/c1-14-8(12)4-2-5(9)7(11-13)6(10)3-4/h2-3H,1H3. The van der Waals surface area contributed by atoms with Crippen molar-refractivity contribution in [3.63, 3.8) is 0 Å². The van der Waals surface area contributed by atoms with Crippen LogP contribution in [0, 0.1) is 16.5 Å². The smallest absolute Gasteiger partial charge is 0.338 e. The number of benzene rings is 1. The van der Waals surface area contributed by atoms with Gasteiger partial charge in [0.1, 0.15) is 0 Å². The molecule has 0 unspecified atom stereocenters. The fourth-order valence-corrected chi connectivity index (χ4v) is 0.888. The summed E-state index contributed by atoms with van der Waals surface area (Å²) in [4.78, 5) is 20.8. The van der Waals surface area contributed by atoms with E-state index in [1.165, 1.54) is 0 Å². The van der Waals surface area contributed by atoms with Gasteiger partial charge < -0.3 is 4.74 Å². The molecule has 0 atom stereocenters. The van der Waals surface area contributed by atoms with Gasteiger partial charge in [-0.05, 0) is 17.3 Å². The third kappa shape index (κ3) is 1.73. The first kappa shape index (κ1) is 10.2. The number of esters is 1. The van der Waals surface area contributed by atoms with Crippen LogP contribution in [0.3, 0.4) is 0 Å². The molecule has 0 aliphatic rings. The molecule has 1 aromatic rings. The van der Waals surface area contributed by atoms with E-state index < -0.39 is 23.3 Å². The van der Waals surface area contributed by atoms with E-state index in [1.54, 1.807) is 0 Å². The zero-order valence-corrected chi connectivity index (χ0v) is 7.08. The maximum atomic E-state index is 12.9. The molecule has 4 nitrogen and oxygen atoms in total. The molecule has 0 saturated heterocycles. The fraction of sp³-hybridized carbons (Fsp3) is 0.125. The minimum atomic E-state index is -1.19. The number of carbonyl (C=O) groups is 1. The maximum absolute atomic E-state index is 12.9. The molecule has 0 bridgehead atoms. The van der Waals surface area contributed by atoms with E-state index in [0.29, 0.717) is 12.1 Å². The molecule has 1 aromatic carbocycles. The number of carbonyl (C=O) groups excluding carboxylic acids is 1. The van der Waals surface area contributed by atoms with Crippen molar-refractivity contribution < 1.29 is 18.3 Å². The molecule has 0 N–H and O–H groups in total. The van der Waals surface area contributed by atoms with Crippen LogP contribution in [0.5, 0.6) is 0 Å². The van der Waals surface area contributed by atoms with E-state index in [1.807, 2.05) is 0 Å². The van der Waals surface area contributed by atoms with Gasteiger partial charge in [-0.25, -0.2) is 13.6 Å². The Bertz CT molecular complexity index is 369. The molecule has 0 fully saturated rings. The summed E-state index contributed by atoms with van der Waals surface area (Å²) in [5, 5.41) is 2.14. The molecular weight excluding hydrogens is 196 g/mol. The SMILES string of the molecule is COC(=O)c1cc(F)c(N=O)c(F)c1. The van der Waals surface area contributed by atoms with Crippen LogP contribution in [-0.4, -0.2) is 13.1 Å². The third-order valence-electron chi connectivity index (χ3n) is 1.53. The lowest BCUT2D eigenvalue weighted by Crippen LogP contribution is -2.02. The Morgan fingerprint density at radius 1 is 1.36 bits per heavy atom. The van der Waals surface area contributed by atoms with E-state index in [9.17, 15) is 18.5 Å². The summed E-state index contributed by atoms with van der Waals surface area (Å²) in [6.45, 7) is 0. The Hall–Kier alpha value is -1.85. The first-order valence-electron chi connectivity index (χ1n) is 3.51. The van der Waals surface area contributed by atoms with Crippen molar-refractivity contribution in [1.29, 1.82) is 0 Å². The highest BCUT2D eigenvalue weighted by Crippen LogP contribution is 2.23. The Balaban J connectivity index is 3.27. The lowest BCUT2D eigenvalue weighted by molar-refractivity contribution is 0.0599. The van der Waals surface area contributed by atoms with Crippen LogP contribution in [0.15, 0.2) is 17.3 Å². The van der Waals surface area contributed by atoms with Crippen molar-refractivity contribution in [2.24, 2.45) is 5.18 Å². The highest BCUT2D eigenvalue weighted by Gasteiger charge is 2.15. The minimum Gasteiger partial charge on any atom is -0.465 e. The van der Waals surface area contributed by atoms with Crippen LogP contribution in [-0.2, 0) is 4.74 Å². The third-order valence-corrected chi connectivity index (χ3v) is 1.53. The first-order chi connectivity index (χ1) is 6.60. The molecule has 14 heavy (non-hydrogen) atoms. The van der Waals surface area contributed by atoms with Crippen molar-refractivity contribution in [3.05, 3.63) is 34.2 Å². The van der Waals surface area contributed by atoms with E-state index in [2.05, 4.69) is 9.91 Å². The Labute approximate surface area is 77.5 Å². The molecule has 0 aliphatic carbocycles. The van der Waals surface area contributed by atoms with Crippen molar-refractivity contribution in [2.45, 2.75) is 0 Å². The number of hydrogen-bond donors (Lipinski definition) is 0. The summed E-state index contributed by atoms with van der Waals surface area (Å²) in [5.41, 5.74) is -1.26. The number of ether oxygens (including phenoxy) is 1. The summed E-state index contributed by atoms with van der Waals surface area (Å²) in [5.74, 6) is -3.28. The number of nitroso groups, excluding NO2 is 1. The molecule has 1 rings (SSSR count). The number of nitrogens with zero attached hydrogens (tertiary/aromatic N) is 1. The lowest BCUT2D eigenvalue weighted by atomic mass is 10.2. The number of hydrogen-bond acceptors (Lipinski definition) is 4. The first-order valence-corrected chi connectivity index (χ1v) is 3.51. The summed E-state index contributed by atoms with van der Waals surface area (Å²) in [6.07, 6.45) is 0. The molecule has 0 heterocycles. The molecule has 0 amide bonds. The van der Waals surface area contributed by atoms with Gasteiger partial charge in [0.2, 0.25) is 0 Å². The Morgan fingerprint density at radius 2 is 1.86 bits per heavy atom. The molecule has 0 saturated carbocycles. The van der Waals surface area contributed by atoms with Crippen molar-refractivity contribution >= 4 is 11.7 Å². The van der Waals surface area contributed by atoms with Gasteiger partial charge in [0.25, 0.3) is 0 Å². The quantitative estimate of drug-likeness (QED) is 0.544. The Morgan fingerprint density at radius 3 is 2.21 bits per heavy atom. The highest BCUT2D eigenvalue weighted by molar-refractivity contribution is 5.89. The van der Waals surface area contributed by atoms with Gasteiger partial charge in [-0.3, -0.25) is 0 Å². The van der Waals surface area contributed by atoms with Crippen molar-refractivity contribution in [3.8, 4) is 0 Å². The van der Waals surface area contributed by atoms with Crippen molar-refractivity contribution in [2.75, 3.05) is 7.11 Å². The molecular formula is C8H5F2NO3. The van der Waals surface area contributed by atoms with Gasteiger partial charge >= 0.3 is 5.97 Å². The maximum Gasteiger partial charge on any atom is 0.338 e. The van der Waals surface area contributed by atoms with Crippen LogP contribution in [0.1, 0.15) is 10.4 Å². The average molecular weight is 201 g/mol. The lowest BCUT2D eigenvalue weighted by Gasteiger charge is -2.00. The monoisotopic (exact) mass is 201 g/mol. The average Bonchev–Trinajstić information content (AvgIpc) is 2.16. The van der Waals surface area contributed by atoms with Gasteiger partial charge in [-0.15, -0.1) is 4.91 Å². The summed E-state index contributed by atoms with van der Waals surface area (Å²) >= 11 is 0. The summed E-state index contributed by atoms with van der Waals surface area (Å²) < 4.78 is 30.0. The zero-order chi connectivity index (χ0) is 10.7. The Kier molecular flexibility index (Phi) is 2.85. The number of halogens is 2. The molecule has 74 valence electrons. The minimum absolute atomic E-state index is 0.310. The largest absolute Gasteiger partial charge is 0.465 e. The van der Waals surface area contributed by atoms with E-state index in [-0.39, 0.29) is 5.56 Å². The van der Waals surface area contributed by atoms with E-state index in [0.717, 1.165) is 7.11 Å². The van der Waals surface area contributed by atoms with Crippen LogP contribution in [0.4, 0.5) is 14.5 Å². The molecule has 0 spiro atoms. The molecule has 6 heteroatoms. The van der Waals surface area contributed by atoms with Gasteiger partial charge in [-0.2, -0.15) is 0 Å². The highest BCUT2D eigenvalue weighted by atomic mass is 19.1. The normalized spacial score (nSPS) is 9.64. The predicted molar refractivity (Wildman–Crippen MR) is 43.2 cm³/mol. The summed E-state index contributed by atoms with van der Waals surface area (Å²) in [7, 11) is 1.07. The van der Waals surface area contributed by atoms with Gasteiger partial charge in [0.05, 0.1) is 12.7 Å². The van der Waals surface area contributed by atoms with Crippen LogP contribution < -0.4 is 0 Å². The predicted octanol–water partition coefficient (Wildman–Crippen LogP) is 2.15. The van der Waals surface area contributed by atoms with Crippen LogP contribution >= 0.6 is 0 Å². The van der Waals surface area contributed by atoms with E-state index >= 15 is 0 Å². The second kappa shape index (κ2) is 3.91. The second-order valence-corrected chi connectivity index (χ2v) is 2.37.